The topological polar surface area (TPSA) is 43.8 Å². The van der Waals surface area contributed by atoms with Crippen LogP contribution >= 0.6 is 0 Å². The van der Waals surface area contributed by atoms with E-state index in [1.54, 1.807) is 0 Å². The zero-order chi connectivity index (χ0) is 7.84. The molecule has 0 saturated heterocycles. The van der Waals surface area contributed by atoms with E-state index < -0.39 is 0 Å². The SMILES string of the molecule is Cn1ncc2c1CCC[C@H]2N. The van der Waals surface area contributed by atoms with Gasteiger partial charge in [0.15, 0.2) is 0 Å². The van der Waals surface area contributed by atoms with E-state index >= 15 is 0 Å². The Balaban J connectivity index is 2.46. The van der Waals surface area contributed by atoms with E-state index in [0.29, 0.717) is 0 Å². The van der Waals surface area contributed by atoms with E-state index in [1.807, 2.05) is 17.9 Å². The number of nitrogens with zero attached hydrogens (tertiary/aromatic N) is 2. The van der Waals surface area contributed by atoms with Crippen molar-refractivity contribution in [3.05, 3.63) is 17.5 Å². The molecule has 1 aromatic heterocycles. The number of aromatic nitrogens is 2. The highest BCUT2D eigenvalue weighted by Gasteiger charge is 2.19. The van der Waals surface area contributed by atoms with Crippen molar-refractivity contribution in [3.63, 3.8) is 0 Å². The molecule has 1 aliphatic rings. The van der Waals surface area contributed by atoms with Crippen LogP contribution < -0.4 is 5.73 Å². The Morgan fingerprint density at radius 1 is 1.73 bits per heavy atom. The minimum Gasteiger partial charge on any atom is -0.324 e. The monoisotopic (exact) mass is 151 g/mol. The normalized spacial score (nSPS) is 23.3. The molecule has 2 N–H and O–H groups in total. The summed E-state index contributed by atoms with van der Waals surface area (Å²) in [5.41, 5.74) is 8.48. The molecule has 0 spiro atoms. The minimum absolute atomic E-state index is 0.229. The van der Waals surface area contributed by atoms with Gasteiger partial charge in [-0.05, 0) is 19.3 Å². The van der Waals surface area contributed by atoms with Gasteiger partial charge in [-0.25, -0.2) is 0 Å². The molecular weight excluding hydrogens is 138 g/mol. The molecule has 11 heavy (non-hydrogen) atoms. The molecule has 0 bridgehead atoms. The Morgan fingerprint density at radius 2 is 2.55 bits per heavy atom. The highest BCUT2D eigenvalue weighted by atomic mass is 15.3. The third-order valence-electron chi connectivity index (χ3n) is 2.42. The zero-order valence-electron chi connectivity index (χ0n) is 6.75. The molecule has 1 atom stereocenters. The first kappa shape index (κ1) is 6.85. The summed E-state index contributed by atoms with van der Waals surface area (Å²) >= 11 is 0. The second-order valence-electron chi connectivity index (χ2n) is 3.17. The van der Waals surface area contributed by atoms with Crippen molar-refractivity contribution >= 4 is 0 Å². The molecule has 1 heterocycles. The molecule has 3 nitrogen and oxygen atoms in total. The predicted octanol–water partition coefficient (Wildman–Crippen LogP) is 0.756. The van der Waals surface area contributed by atoms with Crippen LogP contribution in [0.25, 0.3) is 0 Å². The first-order valence-electron chi connectivity index (χ1n) is 4.05. The number of hydrogen-bond donors (Lipinski definition) is 1. The smallest absolute Gasteiger partial charge is 0.0540 e. The highest BCUT2D eigenvalue weighted by molar-refractivity contribution is 5.23. The third-order valence-corrected chi connectivity index (χ3v) is 2.42. The van der Waals surface area contributed by atoms with E-state index in [4.69, 9.17) is 5.73 Å². The number of rotatable bonds is 0. The van der Waals surface area contributed by atoms with Crippen LogP contribution in [0.1, 0.15) is 30.1 Å². The summed E-state index contributed by atoms with van der Waals surface area (Å²) in [6.45, 7) is 0. The van der Waals surface area contributed by atoms with E-state index in [1.165, 1.54) is 17.7 Å². The Kier molecular flexibility index (Phi) is 1.46. The summed E-state index contributed by atoms with van der Waals surface area (Å²) in [4.78, 5) is 0. The van der Waals surface area contributed by atoms with Gasteiger partial charge in [-0.15, -0.1) is 0 Å². The number of nitrogens with two attached hydrogens (primary N) is 1. The third kappa shape index (κ3) is 0.959. The summed E-state index contributed by atoms with van der Waals surface area (Å²) in [6, 6.07) is 0.229. The summed E-state index contributed by atoms with van der Waals surface area (Å²) in [6.07, 6.45) is 5.35. The van der Waals surface area contributed by atoms with Gasteiger partial charge < -0.3 is 5.73 Å². The van der Waals surface area contributed by atoms with Gasteiger partial charge in [0.25, 0.3) is 0 Å². The molecular formula is C8H13N3. The molecule has 0 radical (unpaired) electrons. The lowest BCUT2D eigenvalue weighted by Crippen LogP contribution is -2.17. The Bertz CT molecular complexity index is 264. The fraction of sp³-hybridized carbons (Fsp3) is 0.625. The van der Waals surface area contributed by atoms with E-state index in [-0.39, 0.29) is 6.04 Å². The first-order valence-corrected chi connectivity index (χ1v) is 4.05. The second kappa shape index (κ2) is 2.34. The molecule has 2 rings (SSSR count). The van der Waals surface area contributed by atoms with Crippen molar-refractivity contribution < 1.29 is 0 Å². The average molecular weight is 151 g/mol. The fourth-order valence-corrected chi connectivity index (χ4v) is 1.74. The van der Waals surface area contributed by atoms with Crippen molar-refractivity contribution in [2.24, 2.45) is 12.8 Å². The average Bonchev–Trinajstić information content (AvgIpc) is 2.35. The zero-order valence-corrected chi connectivity index (χ0v) is 6.75. The highest BCUT2D eigenvalue weighted by Crippen LogP contribution is 2.26. The Labute approximate surface area is 66.2 Å². The number of hydrogen-bond acceptors (Lipinski definition) is 2. The minimum atomic E-state index is 0.229. The molecule has 1 aromatic rings. The van der Waals surface area contributed by atoms with Gasteiger partial charge in [0, 0.05) is 24.3 Å². The molecule has 0 aromatic carbocycles. The molecule has 0 saturated carbocycles. The van der Waals surface area contributed by atoms with Gasteiger partial charge >= 0.3 is 0 Å². The van der Waals surface area contributed by atoms with Crippen molar-refractivity contribution in [2.75, 3.05) is 0 Å². The first-order chi connectivity index (χ1) is 5.29. The summed E-state index contributed by atoms with van der Waals surface area (Å²) in [7, 11) is 1.98. The van der Waals surface area contributed by atoms with Gasteiger partial charge in [-0.1, -0.05) is 0 Å². The van der Waals surface area contributed by atoms with Gasteiger partial charge in [0.1, 0.15) is 0 Å². The maximum Gasteiger partial charge on any atom is 0.0540 e. The molecule has 0 unspecified atom stereocenters. The molecule has 0 fully saturated rings. The van der Waals surface area contributed by atoms with Crippen LogP contribution in [-0.4, -0.2) is 9.78 Å². The van der Waals surface area contributed by atoms with Crippen LogP contribution in [0, 0.1) is 0 Å². The van der Waals surface area contributed by atoms with E-state index in [0.717, 1.165) is 12.8 Å². The van der Waals surface area contributed by atoms with Crippen molar-refractivity contribution in [1.29, 1.82) is 0 Å². The Morgan fingerprint density at radius 3 is 3.27 bits per heavy atom. The van der Waals surface area contributed by atoms with Crippen molar-refractivity contribution in [2.45, 2.75) is 25.3 Å². The molecule has 3 heteroatoms. The second-order valence-corrected chi connectivity index (χ2v) is 3.17. The van der Waals surface area contributed by atoms with Crippen LogP contribution in [0.4, 0.5) is 0 Å². The molecule has 0 aliphatic heterocycles. The maximum atomic E-state index is 5.91. The largest absolute Gasteiger partial charge is 0.324 e. The van der Waals surface area contributed by atoms with Crippen LogP contribution in [-0.2, 0) is 13.5 Å². The van der Waals surface area contributed by atoms with Crippen LogP contribution in [0.2, 0.25) is 0 Å². The Hall–Kier alpha value is -0.830. The number of fused-ring (bicyclic) bond motifs is 1. The summed E-state index contributed by atoms with van der Waals surface area (Å²) < 4.78 is 1.94. The number of aryl methyl sites for hydroxylation is 1. The summed E-state index contributed by atoms with van der Waals surface area (Å²) in [5, 5.41) is 4.19. The van der Waals surface area contributed by atoms with Crippen molar-refractivity contribution in [3.8, 4) is 0 Å². The molecule has 0 amide bonds. The van der Waals surface area contributed by atoms with Crippen molar-refractivity contribution in [1.82, 2.24) is 9.78 Å². The van der Waals surface area contributed by atoms with Crippen LogP contribution in [0.15, 0.2) is 6.20 Å². The standard InChI is InChI=1S/C8H13N3/c1-11-8-4-2-3-7(9)6(8)5-10-11/h5,7H,2-4,9H2,1H3/t7-/m1/s1. The quantitative estimate of drug-likeness (QED) is 0.594. The predicted molar refractivity (Wildman–Crippen MR) is 43.1 cm³/mol. The summed E-state index contributed by atoms with van der Waals surface area (Å²) in [5.74, 6) is 0. The fourth-order valence-electron chi connectivity index (χ4n) is 1.74. The van der Waals surface area contributed by atoms with Gasteiger partial charge in [-0.2, -0.15) is 5.10 Å². The van der Waals surface area contributed by atoms with Crippen LogP contribution in [0.3, 0.4) is 0 Å². The van der Waals surface area contributed by atoms with Gasteiger partial charge in [0.2, 0.25) is 0 Å². The van der Waals surface area contributed by atoms with Gasteiger partial charge in [-0.3, -0.25) is 4.68 Å². The molecule has 60 valence electrons. The van der Waals surface area contributed by atoms with E-state index in [2.05, 4.69) is 5.10 Å². The van der Waals surface area contributed by atoms with Gasteiger partial charge in [0.05, 0.1) is 6.20 Å². The maximum absolute atomic E-state index is 5.91. The van der Waals surface area contributed by atoms with E-state index in [9.17, 15) is 0 Å². The lowest BCUT2D eigenvalue weighted by molar-refractivity contribution is 0.548. The lowest BCUT2D eigenvalue weighted by atomic mass is 9.94. The van der Waals surface area contributed by atoms with Crippen LogP contribution in [0.5, 0.6) is 0 Å². The molecule has 1 aliphatic carbocycles. The lowest BCUT2D eigenvalue weighted by Gasteiger charge is -2.18.